The van der Waals surface area contributed by atoms with Gasteiger partial charge in [0.2, 0.25) is 65.0 Å². The molecule has 0 bridgehead atoms. The third kappa shape index (κ3) is 24.9. The number of phenols is 1. The van der Waals surface area contributed by atoms with Crippen LogP contribution in [0.5, 0.6) is 5.75 Å². The molecule has 2 aliphatic heterocycles. The number of aliphatic imine (C=N–C) groups is 1. The highest BCUT2D eigenvalue weighted by atomic mass is 33.1. The smallest absolute Gasteiger partial charge is 0.246 e. The van der Waals surface area contributed by atoms with Gasteiger partial charge in [0, 0.05) is 31.0 Å². The van der Waals surface area contributed by atoms with Crippen LogP contribution in [0, 0.1) is 11.8 Å². The Morgan fingerprint density at radius 1 is 0.736 bits per heavy atom. The molecule has 2 aromatic carbocycles. The van der Waals surface area contributed by atoms with E-state index in [-0.39, 0.29) is 87.2 Å². The van der Waals surface area contributed by atoms with Crippen LogP contribution < -0.4 is 76.5 Å². The van der Waals surface area contributed by atoms with Crippen molar-refractivity contribution < 1.29 is 57.8 Å². The number of nitrogens with two attached hydrogens (primary N) is 5. The number of amides is 11. The molecule has 0 aliphatic carbocycles. The third-order valence-electron chi connectivity index (χ3n) is 14.5. The molecule has 2 fully saturated rings. The Hall–Kier alpha value is -7.70. The number of nitrogens with zero attached hydrogens (tertiary/aromatic N) is 2. The lowest BCUT2D eigenvalue weighted by atomic mass is 9.97. The van der Waals surface area contributed by atoms with E-state index in [4.69, 9.17) is 28.7 Å². The van der Waals surface area contributed by atoms with Gasteiger partial charge in [0.15, 0.2) is 5.96 Å². The van der Waals surface area contributed by atoms with Crippen molar-refractivity contribution in [2.75, 3.05) is 44.2 Å². The summed E-state index contributed by atoms with van der Waals surface area (Å²) in [5.74, 6) is -9.13. The van der Waals surface area contributed by atoms with Crippen molar-refractivity contribution in [3.05, 3.63) is 65.7 Å². The van der Waals surface area contributed by atoms with Crippen LogP contribution in [0.1, 0.15) is 96.6 Å². The van der Waals surface area contributed by atoms with Gasteiger partial charge in [-0.3, -0.25) is 57.7 Å². The molecule has 30 heteroatoms. The van der Waals surface area contributed by atoms with Gasteiger partial charge in [-0.05, 0) is 99.4 Å². The molecule has 0 saturated carbocycles. The number of benzene rings is 2. The number of rotatable bonds is 30. The van der Waals surface area contributed by atoms with Crippen molar-refractivity contribution in [1.82, 2.24) is 52.8 Å². The predicted molar refractivity (Wildman–Crippen MR) is 330 cm³/mol. The molecule has 20 N–H and O–H groups in total. The van der Waals surface area contributed by atoms with Gasteiger partial charge in [0.05, 0.1) is 19.1 Å². The molecule has 2 aliphatic rings. The van der Waals surface area contributed by atoms with Gasteiger partial charge < -0.3 is 86.5 Å². The highest BCUT2D eigenvalue weighted by Crippen LogP contribution is 2.27. The summed E-state index contributed by atoms with van der Waals surface area (Å²) in [7, 11) is 2.16. The van der Waals surface area contributed by atoms with Gasteiger partial charge >= 0.3 is 0 Å². The van der Waals surface area contributed by atoms with Crippen LogP contribution in [0.25, 0.3) is 0 Å². The standard InChI is InChI=1S/C57H88N16O12S2/c1-5-33(4)47-55(84)71-43(56(85)73-24-12-17-44(73)54(83)67-38(48(60)77)15-9-10-22-58)31-87-86-30-42(53(82)68-39(50(79)72-47)16-11-23-63-57(61)62)70-51(80)40(25-32(2)3)69-52(81)41(27-34-13-7-6-8-14-34)66-46(76)29-64-45(75)28-65-49(78)37(59)26-35-18-20-36(74)21-19-35/h6-8,13-14,18-21,32-33,37-44,47,74H,5,9-12,15-17,22-31,58-59H2,1-4H3,(H2,60,77)(H,64,75)(H,65,78)(H,66,76)(H,67,83)(H,68,82)(H,69,81)(H,70,80)(H,71,84)(H,72,79)(H4,61,62,63)/t33-,37-,38-,39-,40-,41-,42-,43-,44-,47-/m0/s1. The van der Waals surface area contributed by atoms with E-state index in [1.54, 1.807) is 70.2 Å². The maximum absolute atomic E-state index is 14.7. The number of likely N-dealkylation sites (tertiary alicyclic amines) is 1. The van der Waals surface area contributed by atoms with Gasteiger partial charge in [-0.15, -0.1) is 0 Å². The molecule has 0 unspecified atom stereocenters. The summed E-state index contributed by atoms with van der Waals surface area (Å²) in [6.45, 7) is 6.61. The lowest BCUT2D eigenvalue weighted by Crippen LogP contribution is -2.62. The molecule has 0 aromatic heterocycles. The third-order valence-corrected chi connectivity index (χ3v) is 16.9. The number of guanidine groups is 1. The average Bonchev–Trinajstić information content (AvgIpc) is 3.34. The second-order valence-corrected chi connectivity index (χ2v) is 24.5. The fourth-order valence-corrected chi connectivity index (χ4v) is 11.8. The number of primary amides is 1. The predicted octanol–water partition coefficient (Wildman–Crippen LogP) is -2.72. The maximum atomic E-state index is 14.7. The number of nitrogens with one attached hydrogen (secondary N) is 9. The molecule has 28 nitrogen and oxygen atoms in total. The molecule has 4 rings (SSSR count). The van der Waals surface area contributed by atoms with Gasteiger partial charge in [0.25, 0.3) is 0 Å². The van der Waals surface area contributed by atoms with E-state index in [1.807, 2.05) is 0 Å². The van der Waals surface area contributed by atoms with Crippen LogP contribution in [0.15, 0.2) is 59.6 Å². The molecule has 0 radical (unpaired) electrons. The molecule has 10 atom stereocenters. The highest BCUT2D eigenvalue weighted by Gasteiger charge is 2.41. The molecule has 11 amide bonds. The molecule has 2 aromatic rings. The Morgan fingerprint density at radius 3 is 2.07 bits per heavy atom. The summed E-state index contributed by atoms with van der Waals surface area (Å²) in [4.78, 5) is 157. The zero-order valence-electron chi connectivity index (χ0n) is 49.8. The lowest BCUT2D eigenvalue weighted by molar-refractivity contribution is -0.142. The fraction of sp³-hybridized carbons (Fsp3) is 0.579. The first kappa shape index (κ1) is 71.8. The van der Waals surface area contributed by atoms with E-state index >= 15 is 0 Å². The Morgan fingerprint density at radius 2 is 1.41 bits per heavy atom. The second kappa shape index (κ2) is 37.1. The topological polar surface area (TPSA) is 462 Å². The zero-order valence-corrected chi connectivity index (χ0v) is 51.4. The maximum Gasteiger partial charge on any atom is 0.246 e. The average molecular weight is 1250 g/mol. The number of aromatic hydroxyl groups is 1. The van der Waals surface area contributed by atoms with Crippen molar-refractivity contribution in [1.29, 1.82) is 0 Å². The summed E-state index contributed by atoms with van der Waals surface area (Å²) in [5, 5.41) is 33.6. The van der Waals surface area contributed by atoms with E-state index < -0.39 is 138 Å². The Labute approximate surface area is 514 Å². The van der Waals surface area contributed by atoms with Crippen molar-refractivity contribution in [2.24, 2.45) is 45.5 Å². The van der Waals surface area contributed by atoms with Gasteiger partial charge in [-0.1, -0.05) is 98.2 Å². The number of hydrogen-bond acceptors (Lipinski definition) is 17. The van der Waals surface area contributed by atoms with Crippen molar-refractivity contribution in [2.45, 2.75) is 153 Å². The number of carbonyl (C=O) groups is 11. The number of carbonyl (C=O) groups excluding carboxylic acids is 11. The van der Waals surface area contributed by atoms with E-state index in [2.05, 4.69) is 52.8 Å². The molecular weight excluding hydrogens is 1160 g/mol. The summed E-state index contributed by atoms with van der Waals surface area (Å²) in [5.41, 5.74) is 29.7. The Balaban J connectivity index is 1.58. The van der Waals surface area contributed by atoms with Crippen LogP contribution in [0.3, 0.4) is 0 Å². The zero-order chi connectivity index (χ0) is 64.2. The van der Waals surface area contributed by atoms with Gasteiger partial charge in [-0.2, -0.15) is 0 Å². The summed E-state index contributed by atoms with van der Waals surface area (Å²) in [6, 6.07) is 3.92. The van der Waals surface area contributed by atoms with Crippen LogP contribution >= 0.6 is 21.6 Å². The molecule has 87 heavy (non-hydrogen) atoms. The molecule has 2 heterocycles. The largest absolute Gasteiger partial charge is 0.508 e. The normalized spacial score (nSPS) is 20.1. The molecule has 480 valence electrons. The number of unbranched alkanes of at least 4 members (excludes halogenated alkanes) is 1. The van der Waals surface area contributed by atoms with Gasteiger partial charge in [0.1, 0.15) is 54.1 Å². The lowest BCUT2D eigenvalue weighted by Gasteiger charge is -2.32. The first-order chi connectivity index (χ1) is 41.4. The molecule has 0 spiro atoms. The molecule has 2 saturated heterocycles. The molecular formula is C57H88N16O12S2. The number of hydrogen-bond donors (Lipinski definition) is 15. The SMILES string of the molecule is CC[C@H](C)[C@@H]1NC(=O)[C@H](CCCN=C(N)N)NC(=O)[C@@H](NC(=O)[C@H](CC(C)C)NC(=O)[C@H](Cc2ccccc2)NC(=O)CNC(=O)CNC(=O)[C@@H](N)Cc2ccc(O)cc2)CSSC[C@@H](C(=O)N2CCC[C@H]2C(=O)N[C@@H](CCCCN)C(N)=O)NC1=O. The van der Waals surface area contributed by atoms with E-state index in [9.17, 15) is 57.8 Å². The fourth-order valence-electron chi connectivity index (χ4n) is 9.47. The van der Waals surface area contributed by atoms with Crippen LogP contribution in [0.4, 0.5) is 0 Å². The second-order valence-electron chi connectivity index (χ2n) is 22.0. The minimum atomic E-state index is -1.40. The Kier molecular flexibility index (Phi) is 30.6. The monoisotopic (exact) mass is 1250 g/mol. The highest BCUT2D eigenvalue weighted by molar-refractivity contribution is 8.76. The summed E-state index contributed by atoms with van der Waals surface area (Å²) < 4.78 is 0. The summed E-state index contributed by atoms with van der Waals surface area (Å²) in [6.07, 6.45) is 2.70. The number of phenolic OH excluding ortho intramolecular Hbond substituents is 1. The minimum Gasteiger partial charge on any atom is -0.508 e. The first-order valence-corrected chi connectivity index (χ1v) is 31.7. The van der Waals surface area contributed by atoms with Crippen LogP contribution in [-0.2, 0) is 65.6 Å². The quantitative estimate of drug-likeness (QED) is 0.0163. The Bertz CT molecular complexity index is 2690. The van der Waals surface area contributed by atoms with Crippen molar-refractivity contribution in [3.63, 3.8) is 0 Å². The van der Waals surface area contributed by atoms with Crippen LogP contribution in [-0.4, -0.2) is 180 Å². The van der Waals surface area contributed by atoms with E-state index in [0.717, 1.165) is 21.6 Å². The van der Waals surface area contributed by atoms with Crippen LogP contribution in [0.2, 0.25) is 0 Å². The minimum absolute atomic E-state index is 0.0343. The summed E-state index contributed by atoms with van der Waals surface area (Å²) >= 11 is 0. The van der Waals surface area contributed by atoms with Gasteiger partial charge in [-0.25, -0.2) is 0 Å². The van der Waals surface area contributed by atoms with Crippen molar-refractivity contribution >= 4 is 92.5 Å². The first-order valence-electron chi connectivity index (χ1n) is 29.2. The van der Waals surface area contributed by atoms with E-state index in [1.165, 1.54) is 17.0 Å². The van der Waals surface area contributed by atoms with E-state index in [0.29, 0.717) is 43.4 Å². The van der Waals surface area contributed by atoms with Crippen molar-refractivity contribution in [3.8, 4) is 5.75 Å².